The molecule has 0 saturated heterocycles. The molecule has 1 unspecified atom stereocenters. The van der Waals surface area contributed by atoms with Gasteiger partial charge in [-0.1, -0.05) is 29.8 Å². The highest BCUT2D eigenvalue weighted by Gasteiger charge is 2.17. The number of hydrogen-bond donors (Lipinski definition) is 2. The molecule has 1 heterocycles. The molecular formula is C18H17ClN2O4. The number of carbonyl (C=O) groups excluding carboxylic acids is 2. The van der Waals surface area contributed by atoms with Crippen LogP contribution in [0.25, 0.3) is 0 Å². The van der Waals surface area contributed by atoms with Crippen molar-refractivity contribution in [3.63, 3.8) is 0 Å². The van der Waals surface area contributed by atoms with Crippen molar-refractivity contribution in [3.8, 4) is 11.5 Å². The van der Waals surface area contributed by atoms with E-state index in [4.69, 9.17) is 21.1 Å². The maximum atomic E-state index is 12.1. The molecule has 0 saturated carbocycles. The van der Waals surface area contributed by atoms with Gasteiger partial charge in [0.1, 0.15) is 0 Å². The van der Waals surface area contributed by atoms with Crippen molar-refractivity contribution < 1.29 is 19.1 Å². The van der Waals surface area contributed by atoms with Crippen LogP contribution in [0.2, 0.25) is 5.02 Å². The Labute approximate surface area is 150 Å². The van der Waals surface area contributed by atoms with Crippen molar-refractivity contribution in [1.82, 2.24) is 10.6 Å². The third kappa shape index (κ3) is 4.03. The van der Waals surface area contributed by atoms with E-state index in [9.17, 15) is 9.59 Å². The summed E-state index contributed by atoms with van der Waals surface area (Å²) < 4.78 is 10.6. The molecule has 0 fully saturated rings. The van der Waals surface area contributed by atoms with Gasteiger partial charge in [0.05, 0.1) is 23.2 Å². The van der Waals surface area contributed by atoms with Crippen LogP contribution < -0.4 is 20.1 Å². The van der Waals surface area contributed by atoms with Crippen LogP contribution in [0, 0.1) is 0 Å². The van der Waals surface area contributed by atoms with Crippen molar-refractivity contribution in [3.05, 3.63) is 58.6 Å². The number of benzene rings is 2. The summed E-state index contributed by atoms with van der Waals surface area (Å²) in [5, 5.41) is 5.73. The number of nitrogens with one attached hydrogen (secondary N) is 2. The van der Waals surface area contributed by atoms with E-state index >= 15 is 0 Å². The van der Waals surface area contributed by atoms with Gasteiger partial charge in [0.15, 0.2) is 11.5 Å². The van der Waals surface area contributed by atoms with Crippen molar-refractivity contribution in [2.45, 2.75) is 13.0 Å². The van der Waals surface area contributed by atoms with Crippen LogP contribution in [-0.4, -0.2) is 25.2 Å². The van der Waals surface area contributed by atoms with Crippen LogP contribution in [-0.2, 0) is 4.79 Å². The van der Waals surface area contributed by atoms with Gasteiger partial charge < -0.3 is 20.1 Å². The third-order valence-electron chi connectivity index (χ3n) is 3.80. The van der Waals surface area contributed by atoms with E-state index in [2.05, 4.69) is 10.6 Å². The Morgan fingerprint density at radius 2 is 1.92 bits per heavy atom. The zero-order chi connectivity index (χ0) is 17.8. The van der Waals surface area contributed by atoms with E-state index in [1.165, 1.54) is 0 Å². The van der Waals surface area contributed by atoms with Gasteiger partial charge >= 0.3 is 0 Å². The fourth-order valence-corrected chi connectivity index (χ4v) is 2.68. The molecule has 25 heavy (non-hydrogen) atoms. The summed E-state index contributed by atoms with van der Waals surface area (Å²) in [6, 6.07) is 11.9. The highest BCUT2D eigenvalue weighted by atomic mass is 35.5. The standard InChI is InChI=1S/C18H17ClN2O4/c1-11(12-6-7-15-16(8-12)25-10-24-15)21-17(22)9-20-18(23)13-4-2-3-5-14(13)19/h2-8,11H,9-10H2,1H3,(H,20,23)(H,21,22). The predicted molar refractivity (Wildman–Crippen MR) is 92.9 cm³/mol. The Morgan fingerprint density at radius 1 is 1.16 bits per heavy atom. The Balaban J connectivity index is 1.54. The minimum Gasteiger partial charge on any atom is -0.454 e. The first-order valence-electron chi connectivity index (χ1n) is 7.76. The summed E-state index contributed by atoms with van der Waals surface area (Å²) in [7, 11) is 0. The van der Waals surface area contributed by atoms with Crippen LogP contribution in [0.15, 0.2) is 42.5 Å². The molecule has 0 aromatic heterocycles. The van der Waals surface area contributed by atoms with E-state index in [1.807, 2.05) is 19.1 Å². The van der Waals surface area contributed by atoms with Gasteiger partial charge in [0.2, 0.25) is 12.7 Å². The maximum absolute atomic E-state index is 12.1. The molecule has 0 spiro atoms. The van der Waals surface area contributed by atoms with Gasteiger partial charge in [-0.15, -0.1) is 0 Å². The lowest BCUT2D eigenvalue weighted by Gasteiger charge is -2.15. The van der Waals surface area contributed by atoms with E-state index in [0.29, 0.717) is 22.1 Å². The lowest BCUT2D eigenvalue weighted by Crippen LogP contribution is -2.38. The molecule has 0 bridgehead atoms. The molecule has 1 aliphatic heterocycles. The molecule has 2 aromatic rings. The third-order valence-corrected chi connectivity index (χ3v) is 4.13. The number of ether oxygens (including phenoxy) is 2. The van der Waals surface area contributed by atoms with Crippen LogP contribution in [0.4, 0.5) is 0 Å². The van der Waals surface area contributed by atoms with Gasteiger partial charge in [-0.2, -0.15) is 0 Å². The van der Waals surface area contributed by atoms with Crippen LogP contribution in [0.1, 0.15) is 28.9 Å². The number of hydrogen-bond acceptors (Lipinski definition) is 4. The fourth-order valence-electron chi connectivity index (χ4n) is 2.46. The number of halogens is 1. The number of amides is 2. The highest BCUT2D eigenvalue weighted by Crippen LogP contribution is 2.34. The molecule has 7 heteroatoms. The lowest BCUT2D eigenvalue weighted by atomic mass is 10.1. The Morgan fingerprint density at radius 3 is 2.72 bits per heavy atom. The van der Waals surface area contributed by atoms with E-state index < -0.39 is 5.91 Å². The summed E-state index contributed by atoms with van der Waals surface area (Å²) in [6.45, 7) is 1.91. The first kappa shape index (κ1) is 17.1. The van der Waals surface area contributed by atoms with Crippen molar-refractivity contribution >= 4 is 23.4 Å². The summed E-state index contributed by atoms with van der Waals surface area (Å²) in [5.41, 5.74) is 1.22. The molecule has 6 nitrogen and oxygen atoms in total. The van der Waals surface area contributed by atoms with E-state index in [0.717, 1.165) is 5.56 Å². The van der Waals surface area contributed by atoms with E-state index in [1.54, 1.807) is 30.3 Å². The maximum Gasteiger partial charge on any atom is 0.253 e. The quantitative estimate of drug-likeness (QED) is 0.859. The van der Waals surface area contributed by atoms with Crippen LogP contribution in [0.5, 0.6) is 11.5 Å². The minimum absolute atomic E-state index is 0.140. The topological polar surface area (TPSA) is 76.7 Å². The second-order valence-electron chi connectivity index (χ2n) is 5.56. The zero-order valence-electron chi connectivity index (χ0n) is 13.5. The fraction of sp³-hybridized carbons (Fsp3) is 0.222. The normalized spacial score (nSPS) is 13.2. The highest BCUT2D eigenvalue weighted by molar-refractivity contribution is 6.33. The zero-order valence-corrected chi connectivity index (χ0v) is 14.3. The van der Waals surface area contributed by atoms with Crippen molar-refractivity contribution in [1.29, 1.82) is 0 Å². The van der Waals surface area contributed by atoms with Crippen molar-refractivity contribution in [2.75, 3.05) is 13.3 Å². The number of carbonyl (C=O) groups is 2. The number of fused-ring (bicyclic) bond motifs is 1. The van der Waals surface area contributed by atoms with Crippen LogP contribution >= 0.6 is 11.6 Å². The Bertz CT molecular complexity index is 809. The molecule has 2 amide bonds. The lowest BCUT2D eigenvalue weighted by molar-refractivity contribution is -0.120. The van der Waals surface area contributed by atoms with Crippen molar-refractivity contribution in [2.24, 2.45) is 0 Å². The predicted octanol–water partition coefficient (Wildman–Crippen LogP) is 2.68. The molecule has 0 radical (unpaired) electrons. The molecule has 130 valence electrons. The molecule has 1 atom stereocenters. The molecule has 2 N–H and O–H groups in total. The summed E-state index contributed by atoms with van der Waals surface area (Å²) >= 11 is 5.96. The SMILES string of the molecule is CC(NC(=O)CNC(=O)c1ccccc1Cl)c1ccc2c(c1)OCO2. The second kappa shape index (κ2) is 7.44. The van der Waals surface area contributed by atoms with Gasteiger partial charge in [-0.3, -0.25) is 9.59 Å². The van der Waals surface area contributed by atoms with E-state index in [-0.39, 0.29) is 25.3 Å². The van der Waals surface area contributed by atoms with Gasteiger partial charge in [-0.05, 0) is 36.8 Å². The minimum atomic E-state index is -0.392. The Hall–Kier alpha value is -2.73. The summed E-state index contributed by atoms with van der Waals surface area (Å²) in [6.07, 6.45) is 0. The monoisotopic (exact) mass is 360 g/mol. The average molecular weight is 361 g/mol. The summed E-state index contributed by atoms with van der Waals surface area (Å²) in [4.78, 5) is 24.1. The van der Waals surface area contributed by atoms with Crippen LogP contribution in [0.3, 0.4) is 0 Å². The van der Waals surface area contributed by atoms with Gasteiger partial charge in [0.25, 0.3) is 5.91 Å². The average Bonchev–Trinajstić information content (AvgIpc) is 3.07. The first-order chi connectivity index (χ1) is 12.0. The molecule has 3 rings (SSSR count). The van der Waals surface area contributed by atoms with Gasteiger partial charge in [0, 0.05) is 0 Å². The molecule has 2 aromatic carbocycles. The first-order valence-corrected chi connectivity index (χ1v) is 8.14. The van der Waals surface area contributed by atoms with Gasteiger partial charge in [-0.25, -0.2) is 0 Å². The largest absolute Gasteiger partial charge is 0.454 e. The molecule has 0 aliphatic carbocycles. The second-order valence-corrected chi connectivity index (χ2v) is 5.97. The molecular weight excluding hydrogens is 344 g/mol. The summed E-state index contributed by atoms with van der Waals surface area (Å²) in [5.74, 6) is 0.655. The smallest absolute Gasteiger partial charge is 0.253 e. The molecule has 1 aliphatic rings. The Kier molecular flexibility index (Phi) is 5.09. The number of rotatable bonds is 5.